The predicted octanol–water partition coefficient (Wildman–Crippen LogP) is 17.6. The molecule has 1 fully saturated rings. The van der Waals surface area contributed by atoms with Crippen LogP contribution in [0.15, 0.2) is 85.2 Å². The molecule has 1 heterocycles. The minimum Gasteiger partial charge on any atom is -0.491 e. The summed E-state index contributed by atoms with van der Waals surface area (Å²) < 4.78 is 84.4. The molecule has 0 bridgehead atoms. The average molecular weight is 1210 g/mol. The number of aromatic nitrogens is 1. The Morgan fingerprint density at radius 1 is 0.747 bits per heavy atom. The highest BCUT2D eigenvalue weighted by atomic mass is 28.4. The molecular weight excluding hydrogens is 1110 g/mol. The zero-order chi connectivity index (χ0) is 62.3. The number of carbonyl (C=O) groups excluding carboxylic acids is 3. The van der Waals surface area contributed by atoms with Gasteiger partial charge in [0.1, 0.15) is 24.6 Å². The number of hydrogen-bond acceptors (Lipinski definition) is 10. The van der Waals surface area contributed by atoms with Gasteiger partial charge in [-0.1, -0.05) is 106 Å². The van der Waals surface area contributed by atoms with Gasteiger partial charge in [-0.05, 0) is 184 Å². The Morgan fingerprint density at radius 2 is 1.39 bits per heavy atom. The lowest BCUT2D eigenvalue weighted by Gasteiger charge is -2.40. The molecule has 1 aliphatic carbocycles. The first-order valence-electron chi connectivity index (χ1n) is 29.5. The lowest BCUT2D eigenvalue weighted by atomic mass is 9.89. The van der Waals surface area contributed by atoms with Crippen LogP contribution in [-0.2, 0) is 45.1 Å². The molecule has 1 saturated carbocycles. The summed E-state index contributed by atoms with van der Waals surface area (Å²) in [5.74, 6) is -1.63. The Kier molecular flexibility index (Phi) is 22.6. The minimum atomic E-state index is -4.87. The highest BCUT2D eigenvalue weighted by molar-refractivity contribution is 6.75. The number of hydrogen-bond donors (Lipinski definition) is 2. The number of anilines is 1. The number of alkyl halides is 3. The van der Waals surface area contributed by atoms with Crippen molar-refractivity contribution in [3.8, 4) is 16.9 Å². The number of pyridine rings is 1. The van der Waals surface area contributed by atoms with Gasteiger partial charge < -0.3 is 38.1 Å². The molecule has 1 aliphatic rings. The Balaban J connectivity index is 1.42. The second-order valence-corrected chi connectivity index (χ2v) is 42.6. The Morgan fingerprint density at radius 3 is 2.00 bits per heavy atom. The summed E-state index contributed by atoms with van der Waals surface area (Å²) in [6, 6.07) is 15.6. The number of allylic oxidation sites excluding steroid dienone is 2. The van der Waals surface area contributed by atoms with Gasteiger partial charge in [0, 0.05) is 36.4 Å². The summed E-state index contributed by atoms with van der Waals surface area (Å²) in [7, 11) is -6.34. The standard InChI is InChI=1S/C65H98F3N3O9Si3/c1-43(78-81(15,16)62(6,7)8)41-75-50-31-32-52(55(37-50)65(66,67)68)53-36-46(54(40-70-60(74)77-61(3,4)5)59(73)71-49-30-29-47-39-69-34-33-45(47)35-49)27-28-48(53)42-76-58(72)26-24-22-21-23-25-51-44(2)56(79-82(17,18)63(9,10)11)38-57(51)80-83(19,20)64(12,13)14/h21,23,27-37,39,43-44,51,54,56-57H,22,24-26,38,40-42H2,1-20H3,(H,70,74)(H,71,73)/b23-21-/t43-,44-,51?,54?,56?,57?/m1/s1. The number of halogens is 3. The van der Waals surface area contributed by atoms with E-state index in [0.29, 0.717) is 24.4 Å². The molecule has 2 N–H and O–H groups in total. The van der Waals surface area contributed by atoms with Crippen LogP contribution in [0.2, 0.25) is 54.4 Å². The summed E-state index contributed by atoms with van der Waals surface area (Å²) in [6.07, 6.45) is 4.66. The van der Waals surface area contributed by atoms with Crippen molar-refractivity contribution in [3.63, 3.8) is 0 Å². The average Bonchev–Trinajstić information content (AvgIpc) is 3.94. The maximum atomic E-state index is 15.5. The molecule has 2 amide bonds. The Hall–Kier alpha value is -4.86. The van der Waals surface area contributed by atoms with E-state index in [1.165, 1.54) is 18.2 Å². The molecule has 1 aromatic heterocycles. The zero-order valence-corrected chi connectivity index (χ0v) is 56.5. The van der Waals surface area contributed by atoms with Gasteiger partial charge in [0.15, 0.2) is 25.0 Å². The summed E-state index contributed by atoms with van der Waals surface area (Å²) in [5, 5.41) is 7.36. The van der Waals surface area contributed by atoms with E-state index in [2.05, 4.69) is 136 Å². The van der Waals surface area contributed by atoms with Crippen LogP contribution in [0.3, 0.4) is 0 Å². The van der Waals surface area contributed by atoms with E-state index in [1.54, 1.807) is 63.5 Å². The van der Waals surface area contributed by atoms with Gasteiger partial charge in [0.2, 0.25) is 5.91 Å². The molecular formula is C65H98F3N3O9Si3. The van der Waals surface area contributed by atoms with Crippen LogP contribution in [0.5, 0.6) is 5.75 Å². The van der Waals surface area contributed by atoms with Gasteiger partial charge in [0.05, 0.1) is 29.8 Å². The number of rotatable bonds is 23. The minimum absolute atomic E-state index is 0.00757. The third kappa shape index (κ3) is 19.3. The van der Waals surface area contributed by atoms with Crippen molar-refractivity contribution >= 4 is 59.4 Å². The number of fused-ring (bicyclic) bond motifs is 1. The predicted molar refractivity (Wildman–Crippen MR) is 336 cm³/mol. The number of nitrogens with one attached hydrogen (secondary N) is 2. The van der Waals surface area contributed by atoms with E-state index >= 15 is 13.2 Å². The molecule has 460 valence electrons. The largest absolute Gasteiger partial charge is 0.491 e. The van der Waals surface area contributed by atoms with E-state index in [4.69, 9.17) is 27.5 Å². The van der Waals surface area contributed by atoms with Crippen LogP contribution < -0.4 is 15.4 Å². The molecule has 4 unspecified atom stereocenters. The van der Waals surface area contributed by atoms with E-state index in [-0.39, 0.29) is 87.4 Å². The van der Waals surface area contributed by atoms with E-state index in [0.717, 1.165) is 29.7 Å². The van der Waals surface area contributed by atoms with Gasteiger partial charge in [-0.3, -0.25) is 14.6 Å². The number of carbonyl (C=O) groups is 3. The molecule has 83 heavy (non-hydrogen) atoms. The van der Waals surface area contributed by atoms with E-state index in [1.807, 2.05) is 13.0 Å². The van der Waals surface area contributed by atoms with Gasteiger partial charge in [0.25, 0.3) is 0 Å². The van der Waals surface area contributed by atoms with Crippen LogP contribution in [0.1, 0.15) is 152 Å². The van der Waals surface area contributed by atoms with Crippen LogP contribution in [0.25, 0.3) is 21.9 Å². The molecule has 5 rings (SSSR count). The molecule has 0 aliphatic heterocycles. The van der Waals surface area contributed by atoms with E-state index < -0.39 is 72.3 Å². The van der Waals surface area contributed by atoms with Crippen molar-refractivity contribution in [2.75, 3.05) is 18.5 Å². The molecule has 6 atom stereocenters. The second kappa shape index (κ2) is 27.2. The van der Waals surface area contributed by atoms with Crippen LogP contribution in [0.4, 0.5) is 23.7 Å². The quantitative estimate of drug-likeness (QED) is 0.0319. The van der Waals surface area contributed by atoms with Crippen molar-refractivity contribution in [2.45, 2.75) is 226 Å². The maximum absolute atomic E-state index is 15.5. The monoisotopic (exact) mass is 1210 g/mol. The fourth-order valence-electron chi connectivity index (χ4n) is 9.42. The van der Waals surface area contributed by atoms with Crippen molar-refractivity contribution in [1.82, 2.24) is 10.3 Å². The highest BCUT2D eigenvalue weighted by Gasteiger charge is 2.50. The van der Waals surface area contributed by atoms with Crippen LogP contribution in [-0.4, -0.2) is 85.0 Å². The third-order valence-electron chi connectivity index (χ3n) is 17.4. The molecule has 3 aromatic carbocycles. The first-order valence-corrected chi connectivity index (χ1v) is 38.2. The lowest BCUT2D eigenvalue weighted by Crippen LogP contribution is -2.45. The van der Waals surface area contributed by atoms with Gasteiger partial charge in [-0.25, -0.2) is 4.79 Å². The highest BCUT2D eigenvalue weighted by Crippen LogP contribution is 2.48. The van der Waals surface area contributed by atoms with Crippen molar-refractivity contribution < 1.29 is 55.0 Å². The molecule has 0 radical (unpaired) electrons. The molecule has 12 nitrogen and oxygen atoms in total. The van der Waals surface area contributed by atoms with E-state index in [9.17, 15) is 14.4 Å². The van der Waals surface area contributed by atoms with Crippen molar-refractivity contribution in [3.05, 3.63) is 102 Å². The van der Waals surface area contributed by atoms with Gasteiger partial charge >= 0.3 is 18.2 Å². The number of unbranched alkanes of at least 4 members (excludes halogenated alkanes) is 1. The Labute approximate surface area is 497 Å². The number of ether oxygens (including phenoxy) is 3. The summed E-state index contributed by atoms with van der Waals surface area (Å²) >= 11 is 0. The number of benzene rings is 3. The smallest absolute Gasteiger partial charge is 0.417 e. The number of nitrogens with zero attached hydrogens (tertiary/aromatic N) is 1. The lowest BCUT2D eigenvalue weighted by molar-refractivity contribution is -0.145. The molecule has 0 spiro atoms. The topological polar surface area (TPSA) is 144 Å². The second-order valence-electron chi connectivity index (χ2n) is 28.3. The first-order chi connectivity index (χ1) is 38.1. The summed E-state index contributed by atoms with van der Waals surface area (Å²) in [5.41, 5.74) is -0.972. The fourth-order valence-corrected chi connectivity index (χ4v) is 13.6. The SMILES string of the molecule is C[C@H]1C(O[Si](C)(C)C(C)(C)C)CC(O[Si](C)(C)C(C)(C)C)C1C/C=C\CCCC(=O)OCc1ccc(C(CNC(=O)OC(C)(C)C)C(=O)Nc2ccc3cnccc3c2)cc1-c1ccc(OC[C@@H](C)O[Si](C)(C)C(C)(C)C)cc1C(F)(F)F. The number of alkyl carbamates (subject to hydrolysis) is 1. The molecule has 4 aromatic rings. The zero-order valence-electron chi connectivity index (χ0n) is 53.5. The third-order valence-corrected chi connectivity index (χ3v) is 31.0. The fraction of sp³-hybridized carbons (Fsp3) is 0.600. The van der Waals surface area contributed by atoms with Crippen molar-refractivity contribution in [2.24, 2.45) is 11.8 Å². The maximum Gasteiger partial charge on any atom is 0.417 e. The van der Waals surface area contributed by atoms with Crippen LogP contribution in [0, 0.1) is 11.8 Å². The summed E-state index contributed by atoms with van der Waals surface area (Å²) in [6.45, 7) is 42.0. The number of amides is 2. The molecule has 0 saturated heterocycles. The summed E-state index contributed by atoms with van der Waals surface area (Å²) in [4.78, 5) is 45.3. The van der Waals surface area contributed by atoms with Gasteiger partial charge in [-0.2, -0.15) is 13.2 Å². The van der Waals surface area contributed by atoms with Crippen molar-refractivity contribution in [1.29, 1.82) is 0 Å². The normalized spacial score (nSPS) is 18.5. The van der Waals surface area contributed by atoms with Gasteiger partial charge in [-0.15, -0.1) is 0 Å². The molecule has 18 heteroatoms. The first kappa shape index (κ1) is 68.9. The Bertz CT molecular complexity index is 2880. The number of esters is 1. The van der Waals surface area contributed by atoms with Crippen LogP contribution >= 0.6 is 0 Å².